The van der Waals surface area contributed by atoms with Crippen LogP contribution in [0.3, 0.4) is 0 Å². The molecule has 0 N–H and O–H groups in total. The Morgan fingerprint density at radius 1 is 1.15 bits per heavy atom. The zero-order chi connectivity index (χ0) is 14.1. The highest BCUT2D eigenvalue weighted by Crippen LogP contribution is 2.59. The van der Waals surface area contributed by atoms with Crippen molar-refractivity contribution in [2.24, 2.45) is 0 Å². The minimum atomic E-state index is 0.268. The highest BCUT2D eigenvalue weighted by atomic mass is 15.1. The van der Waals surface area contributed by atoms with Crippen molar-refractivity contribution in [1.82, 2.24) is 4.90 Å². The molecular formula is C19H27N. The van der Waals surface area contributed by atoms with Crippen LogP contribution in [0.25, 0.3) is 0 Å². The normalized spacial score (nSPS) is 27.5. The van der Waals surface area contributed by atoms with E-state index < -0.39 is 0 Å². The fourth-order valence-electron chi connectivity index (χ4n) is 4.51. The van der Waals surface area contributed by atoms with Gasteiger partial charge in [0.15, 0.2) is 0 Å². The van der Waals surface area contributed by atoms with Gasteiger partial charge < -0.3 is 4.90 Å². The molecule has 1 aromatic rings. The summed E-state index contributed by atoms with van der Waals surface area (Å²) in [5, 5.41) is 0. The molecular weight excluding hydrogens is 242 g/mol. The van der Waals surface area contributed by atoms with Crippen LogP contribution in [0, 0.1) is 0 Å². The number of hydrogen-bond donors (Lipinski definition) is 0. The second kappa shape index (κ2) is 3.88. The topological polar surface area (TPSA) is 3.24 Å². The van der Waals surface area contributed by atoms with Gasteiger partial charge in [-0.15, -0.1) is 0 Å². The summed E-state index contributed by atoms with van der Waals surface area (Å²) in [7, 11) is 2.29. The van der Waals surface area contributed by atoms with Gasteiger partial charge in [0.05, 0.1) is 0 Å². The van der Waals surface area contributed by atoms with Crippen LogP contribution in [-0.4, -0.2) is 18.5 Å². The Balaban J connectivity index is 1.93. The quantitative estimate of drug-likeness (QED) is 0.677. The summed E-state index contributed by atoms with van der Waals surface area (Å²) in [6, 6.07) is 5.10. The maximum Gasteiger partial charge on any atom is 0.0233 e. The first-order valence-corrected chi connectivity index (χ1v) is 8.25. The standard InChI is InChI=1S/C19H27N/c1-18(2,3)15-9-14-12-20(4)11-13-5-6-19(7-8-19)16(10-15)17(13)14/h9-10,13H,5-8,11-12H2,1-4H3/t13-/m0/s1. The van der Waals surface area contributed by atoms with E-state index >= 15 is 0 Å². The van der Waals surface area contributed by atoms with Gasteiger partial charge in [-0.25, -0.2) is 0 Å². The molecule has 1 atom stereocenters. The molecule has 2 aliphatic carbocycles. The SMILES string of the molecule is CN1Cc2cc(C(C)(C)C)cc3c2[C@@H](CCC32CC2)C1. The number of fused-ring (bicyclic) bond motifs is 1. The van der Waals surface area contributed by atoms with Crippen molar-refractivity contribution in [2.45, 2.75) is 69.7 Å². The van der Waals surface area contributed by atoms with E-state index in [1.807, 2.05) is 0 Å². The Morgan fingerprint density at radius 2 is 1.90 bits per heavy atom. The summed E-state index contributed by atoms with van der Waals surface area (Å²) in [6.07, 6.45) is 5.73. The lowest BCUT2D eigenvalue weighted by Crippen LogP contribution is -2.36. The molecule has 20 heavy (non-hydrogen) atoms. The zero-order valence-corrected chi connectivity index (χ0v) is 13.4. The van der Waals surface area contributed by atoms with Crippen LogP contribution >= 0.6 is 0 Å². The fourth-order valence-corrected chi connectivity index (χ4v) is 4.51. The molecule has 1 aromatic carbocycles. The minimum absolute atomic E-state index is 0.268. The summed E-state index contributed by atoms with van der Waals surface area (Å²) in [5.41, 5.74) is 7.57. The van der Waals surface area contributed by atoms with Gasteiger partial charge in [0.2, 0.25) is 0 Å². The summed E-state index contributed by atoms with van der Waals surface area (Å²) in [5.74, 6) is 0.805. The lowest BCUT2D eigenvalue weighted by Gasteiger charge is -2.41. The Hall–Kier alpha value is -0.820. The summed E-state index contributed by atoms with van der Waals surface area (Å²) >= 11 is 0. The lowest BCUT2D eigenvalue weighted by atomic mass is 9.69. The molecule has 0 unspecified atom stereocenters. The van der Waals surface area contributed by atoms with Crippen molar-refractivity contribution in [3.05, 3.63) is 34.4 Å². The summed E-state index contributed by atoms with van der Waals surface area (Å²) in [6.45, 7) is 9.49. The molecule has 1 heteroatoms. The van der Waals surface area contributed by atoms with Crippen molar-refractivity contribution in [1.29, 1.82) is 0 Å². The number of benzene rings is 1. The predicted octanol–water partition coefficient (Wildman–Crippen LogP) is 4.34. The van der Waals surface area contributed by atoms with E-state index in [1.54, 1.807) is 22.3 Å². The Kier molecular flexibility index (Phi) is 2.50. The molecule has 1 aliphatic heterocycles. The van der Waals surface area contributed by atoms with Gasteiger partial charge in [-0.1, -0.05) is 32.9 Å². The second-order valence-corrected chi connectivity index (χ2v) is 8.56. The van der Waals surface area contributed by atoms with Gasteiger partial charge in [-0.3, -0.25) is 0 Å². The Morgan fingerprint density at radius 3 is 2.55 bits per heavy atom. The molecule has 1 spiro atoms. The van der Waals surface area contributed by atoms with E-state index in [0.29, 0.717) is 5.41 Å². The van der Waals surface area contributed by atoms with Gasteiger partial charge in [-0.2, -0.15) is 0 Å². The van der Waals surface area contributed by atoms with Gasteiger partial charge in [0.25, 0.3) is 0 Å². The van der Waals surface area contributed by atoms with Gasteiger partial charge >= 0.3 is 0 Å². The summed E-state index contributed by atoms with van der Waals surface area (Å²) < 4.78 is 0. The highest BCUT2D eigenvalue weighted by molar-refractivity contribution is 5.52. The van der Waals surface area contributed by atoms with Gasteiger partial charge in [-0.05, 0) is 71.7 Å². The third-order valence-corrected chi connectivity index (χ3v) is 5.91. The number of rotatable bonds is 0. The van der Waals surface area contributed by atoms with E-state index in [4.69, 9.17) is 0 Å². The maximum absolute atomic E-state index is 2.59. The molecule has 0 saturated heterocycles. The van der Waals surface area contributed by atoms with E-state index in [-0.39, 0.29) is 5.41 Å². The van der Waals surface area contributed by atoms with Gasteiger partial charge in [0, 0.05) is 13.1 Å². The Labute approximate surface area is 123 Å². The first-order valence-electron chi connectivity index (χ1n) is 8.25. The average molecular weight is 269 g/mol. The van der Waals surface area contributed by atoms with Crippen LogP contribution in [0.15, 0.2) is 12.1 Å². The van der Waals surface area contributed by atoms with Crippen molar-refractivity contribution in [3.8, 4) is 0 Å². The zero-order valence-electron chi connectivity index (χ0n) is 13.4. The molecule has 0 bridgehead atoms. The van der Waals surface area contributed by atoms with Crippen molar-refractivity contribution in [2.75, 3.05) is 13.6 Å². The molecule has 0 radical (unpaired) electrons. The van der Waals surface area contributed by atoms with Crippen LogP contribution in [0.5, 0.6) is 0 Å². The molecule has 3 aliphatic rings. The lowest BCUT2D eigenvalue weighted by molar-refractivity contribution is 0.258. The van der Waals surface area contributed by atoms with Crippen molar-refractivity contribution < 1.29 is 0 Å². The molecule has 108 valence electrons. The second-order valence-electron chi connectivity index (χ2n) is 8.56. The highest BCUT2D eigenvalue weighted by Gasteiger charge is 2.50. The van der Waals surface area contributed by atoms with Crippen molar-refractivity contribution >= 4 is 0 Å². The monoisotopic (exact) mass is 269 g/mol. The largest absolute Gasteiger partial charge is 0.301 e. The van der Waals surface area contributed by atoms with Crippen LogP contribution in [0.2, 0.25) is 0 Å². The molecule has 0 amide bonds. The molecule has 1 nitrogen and oxygen atoms in total. The molecule has 4 rings (SSSR count). The fraction of sp³-hybridized carbons (Fsp3) is 0.684. The van der Waals surface area contributed by atoms with E-state index in [9.17, 15) is 0 Å². The van der Waals surface area contributed by atoms with E-state index in [2.05, 4.69) is 44.9 Å². The average Bonchev–Trinajstić information content (AvgIpc) is 3.13. The third-order valence-electron chi connectivity index (χ3n) is 5.91. The number of hydrogen-bond acceptors (Lipinski definition) is 1. The Bertz CT molecular complexity index is 560. The molecule has 1 fully saturated rings. The first-order chi connectivity index (χ1) is 9.39. The van der Waals surface area contributed by atoms with Crippen LogP contribution in [0.4, 0.5) is 0 Å². The summed E-state index contributed by atoms with van der Waals surface area (Å²) in [4.78, 5) is 2.52. The van der Waals surface area contributed by atoms with Crippen LogP contribution in [-0.2, 0) is 17.4 Å². The maximum atomic E-state index is 2.59. The number of likely N-dealkylation sites (N-methyl/N-ethyl adjacent to an activating group) is 1. The first kappa shape index (κ1) is 12.9. The predicted molar refractivity (Wildman–Crippen MR) is 84.4 cm³/mol. The molecule has 1 saturated carbocycles. The van der Waals surface area contributed by atoms with E-state index in [1.165, 1.54) is 32.2 Å². The van der Waals surface area contributed by atoms with Crippen LogP contribution < -0.4 is 0 Å². The van der Waals surface area contributed by atoms with Crippen molar-refractivity contribution in [3.63, 3.8) is 0 Å². The molecule has 1 heterocycles. The molecule has 0 aromatic heterocycles. The van der Waals surface area contributed by atoms with E-state index in [0.717, 1.165) is 12.5 Å². The van der Waals surface area contributed by atoms with Gasteiger partial charge in [0.1, 0.15) is 0 Å². The van der Waals surface area contributed by atoms with Crippen LogP contribution in [0.1, 0.15) is 74.6 Å². The minimum Gasteiger partial charge on any atom is -0.301 e. The third kappa shape index (κ3) is 1.79. The smallest absolute Gasteiger partial charge is 0.0233 e. The number of nitrogens with zero attached hydrogens (tertiary/aromatic N) is 1.